The van der Waals surface area contributed by atoms with Gasteiger partial charge in [0.15, 0.2) is 0 Å². The third-order valence-electron chi connectivity index (χ3n) is 4.43. The Morgan fingerprint density at radius 2 is 2.04 bits per heavy atom. The largest absolute Gasteiger partial charge is 0.376 e. The lowest BCUT2D eigenvalue weighted by atomic mass is 10.1. The van der Waals surface area contributed by atoms with Crippen LogP contribution in [0.2, 0.25) is 5.02 Å². The maximum atomic E-state index is 6.21. The molecule has 118 valence electrons. The molecule has 0 amide bonds. The molecule has 4 heteroatoms. The molecule has 1 atom stereocenters. The van der Waals surface area contributed by atoms with E-state index >= 15 is 0 Å². The van der Waals surface area contributed by atoms with Gasteiger partial charge in [-0.3, -0.25) is 0 Å². The SMILES string of the molecule is Cc1ccc(-c2nc3ccc(Cl)cc3n2CC2CCCO2)cc1. The van der Waals surface area contributed by atoms with Crippen molar-refractivity contribution in [2.75, 3.05) is 6.61 Å². The van der Waals surface area contributed by atoms with E-state index in [-0.39, 0.29) is 6.10 Å². The van der Waals surface area contributed by atoms with E-state index in [2.05, 4.69) is 35.8 Å². The van der Waals surface area contributed by atoms with Crippen LogP contribution >= 0.6 is 11.6 Å². The Kier molecular flexibility index (Phi) is 3.83. The minimum atomic E-state index is 0.260. The van der Waals surface area contributed by atoms with Gasteiger partial charge in [-0.1, -0.05) is 41.4 Å². The predicted octanol–water partition coefficient (Wildman–Crippen LogP) is 4.84. The minimum Gasteiger partial charge on any atom is -0.376 e. The zero-order chi connectivity index (χ0) is 15.8. The third-order valence-corrected chi connectivity index (χ3v) is 4.67. The summed E-state index contributed by atoms with van der Waals surface area (Å²) in [7, 11) is 0. The fourth-order valence-corrected chi connectivity index (χ4v) is 3.36. The van der Waals surface area contributed by atoms with Crippen LogP contribution in [0.3, 0.4) is 0 Å². The van der Waals surface area contributed by atoms with Crippen LogP contribution in [-0.4, -0.2) is 22.3 Å². The molecule has 4 rings (SSSR count). The summed E-state index contributed by atoms with van der Waals surface area (Å²) < 4.78 is 8.09. The van der Waals surface area contributed by atoms with E-state index < -0.39 is 0 Å². The topological polar surface area (TPSA) is 27.1 Å². The number of rotatable bonds is 3. The molecule has 0 saturated carbocycles. The van der Waals surface area contributed by atoms with Crippen LogP contribution in [-0.2, 0) is 11.3 Å². The van der Waals surface area contributed by atoms with Gasteiger partial charge < -0.3 is 9.30 Å². The van der Waals surface area contributed by atoms with E-state index in [1.54, 1.807) is 0 Å². The summed E-state index contributed by atoms with van der Waals surface area (Å²) in [6, 6.07) is 14.4. The molecule has 1 aliphatic heterocycles. The lowest BCUT2D eigenvalue weighted by molar-refractivity contribution is 0.0982. The quantitative estimate of drug-likeness (QED) is 0.688. The number of aromatic nitrogens is 2. The van der Waals surface area contributed by atoms with Gasteiger partial charge >= 0.3 is 0 Å². The van der Waals surface area contributed by atoms with E-state index in [0.29, 0.717) is 0 Å². The summed E-state index contributed by atoms with van der Waals surface area (Å²) in [6.07, 6.45) is 2.50. The Balaban J connectivity index is 1.85. The summed E-state index contributed by atoms with van der Waals surface area (Å²) in [5, 5.41) is 0.737. The number of imidazole rings is 1. The molecule has 1 fully saturated rings. The van der Waals surface area contributed by atoms with Gasteiger partial charge in [0.2, 0.25) is 0 Å². The average molecular weight is 327 g/mol. The van der Waals surface area contributed by atoms with Crippen molar-refractivity contribution in [3.05, 3.63) is 53.1 Å². The fourth-order valence-electron chi connectivity index (χ4n) is 3.20. The van der Waals surface area contributed by atoms with Gasteiger partial charge in [-0.2, -0.15) is 0 Å². The van der Waals surface area contributed by atoms with E-state index in [9.17, 15) is 0 Å². The second-order valence-electron chi connectivity index (χ2n) is 6.18. The number of benzene rings is 2. The van der Waals surface area contributed by atoms with Gasteiger partial charge in [0.05, 0.1) is 23.7 Å². The molecule has 2 aromatic carbocycles. The lowest BCUT2D eigenvalue weighted by Gasteiger charge is -2.14. The number of hydrogen-bond donors (Lipinski definition) is 0. The molecule has 0 radical (unpaired) electrons. The standard InChI is InChI=1S/C19H19ClN2O/c1-13-4-6-14(7-5-13)19-21-17-9-8-15(20)11-18(17)22(19)12-16-3-2-10-23-16/h4-9,11,16H,2-3,10,12H2,1H3. The molecule has 0 spiro atoms. The fraction of sp³-hybridized carbons (Fsp3) is 0.316. The van der Waals surface area contributed by atoms with Crippen molar-refractivity contribution in [3.8, 4) is 11.4 Å². The average Bonchev–Trinajstić information content (AvgIpc) is 3.17. The molecule has 0 N–H and O–H groups in total. The molecule has 1 unspecified atom stereocenters. The summed E-state index contributed by atoms with van der Waals surface area (Å²) >= 11 is 6.21. The van der Waals surface area contributed by atoms with Crippen LogP contribution in [0.1, 0.15) is 18.4 Å². The van der Waals surface area contributed by atoms with E-state index in [4.69, 9.17) is 21.3 Å². The Labute approximate surface area is 140 Å². The van der Waals surface area contributed by atoms with E-state index in [1.165, 1.54) is 5.56 Å². The highest BCUT2D eigenvalue weighted by molar-refractivity contribution is 6.31. The van der Waals surface area contributed by atoms with Crippen LogP contribution < -0.4 is 0 Å². The second kappa shape index (κ2) is 5.99. The summed E-state index contributed by atoms with van der Waals surface area (Å²) in [5.74, 6) is 0.984. The molecule has 3 aromatic rings. The van der Waals surface area contributed by atoms with Gasteiger partial charge in [-0.15, -0.1) is 0 Å². The Hall–Kier alpha value is -1.84. The van der Waals surface area contributed by atoms with Crippen molar-refractivity contribution in [1.29, 1.82) is 0 Å². The van der Waals surface area contributed by atoms with Crippen molar-refractivity contribution < 1.29 is 4.74 Å². The zero-order valence-corrected chi connectivity index (χ0v) is 13.9. The first-order valence-electron chi connectivity index (χ1n) is 8.05. The van der Waals surface area contributed by atoms with Crippen LogP contribution in [0.25, 0.3) is 22.4 Å². The minimum absolute atomic E-state index is 0.260. The number of aryl methyl sites for hydroxylation is 1. The first kappa shape index (κ1) is 14.7. The summed E-state index contributed by atoms with van der Waals surface area (Å²) in [6.45, 7) is 3.77. The number of hydrogen-bond acceptors (Lipinski definition) is 2. The number of halogens is 1. The van der Waals surface area contributed by atoms with Gasteiger partial charge in [0, 0.05) is 17.2 Å². The van der Waals surface area contributed by atoms with Crippen LogP contribution in [0.4, 0.5) is 0 Å². The molecule has 1 aliphatic rings. The molecule has 2 heterocycles. The molecule has 1 aromatic heterocycles. The van der Waals surface area contributed by atoms with Crippen LogP contribution in [0.5, 0.6) is 0 Å². The summed E-state index contributed by atoms with van der Waals surface area (Å²) in [4.78, 5) is 4.84. The van der Waals surface area contributed by atoms with E-state index in [1.807, 2.05) is 18.2 Å². The van der Waals surface area contributed by atoms with Gasteiger partial charge in [0.25, 0.3) is 0 Å². The smallest absolute Gasteiger partial charge is 0.141 e. The zero-order valence-electron chi connectivity index (χ0n) is 13.1. The van der Waals surface area contributed by atoms with Crippen LogP contribution in [0, 0.1) is 6.92 Å². The first-order chi connectivity index (χ1) is 11.2. The molecule has 23 heavy (non-hydrogen) atoms. The van der Waals surface area contributed by atoms with Crippen molar-refractivity contribution >= 4 is 22.6 Å². The van der Waals surface area contributed by atoms with Gasteiger partial charge in [-0.25, -0.2) is 4.98 Å². The van der Waals surface area contributed by atoms with Gasteiger partial charge in [-0.05, 0) is 38.0 Å². The van der Waals surface area contributed by atoms with Gasteiger partial charge in [0.1, 0.15) is 5.82 Å². The highest BCUT2D eigenvalue weighted by Crippen LogP contribution is 2.29. The van der Waals surface area contributed by atoms with Crippen molar-refractivity contribution in [2.24, 2.45) is 0 Å². The van der Waals surface area contributed by atoms with Crippen molar-refractivity contribution in [1.82, 2.24) is 9.55 Å². The molecule has 0 bridgehead atoms. The molecular formula is C19H19ClN2O. The normalized spacial score (nSPS) is 17.9. The Morgan fingerprint density at radius 3 is 2.78 bits per heavy atom. The number of fused-ring (bicyclic) bond motifs is 1. The molecule has 0 aliphatic carbocycles. The maximum absolute atomic E-state index is 6.21. The molecule has 1 saturated heterocycles. The highest BCUT2D eigenvalue weighted by atomic mass is 35.5. The molecular weight excluding hydrogens is 308 g/mol. The molecule has 3 nitrogen and oxygen atoms in total. The predicted molar refractivity (Wildman–Crippen MR) is 93.9 cm³/mol. The van der Waals surface area contributed by atoms with Crippen molar-refractivity contribution in [2.45, 2.75) is 32.4 Å². The Morgan fingerprint density at radius 1 is 1.22 bits per heavy atom. The van der Waals surface area contributed by atoms with Crippen LogP contribution in [0.15, 0.2) is 42.5 Å². The second-order valence-corrected chi connectivity index (χ2v) is 6.62. The lowest BCUT2D eigenvalue weighted by Crippen LogP contribution is -2.15. The number of nitrogens with zero attached hydrogens (tertiary/aromatic N) is 2. The number of ether oxygens (including phenoxy) is 1. The Bertz CT molecular complexity index is 832. The maximum Gasteiger partial charge on any atom is 0.141 e. The highest BCUT2D eigenvalue weighted by Gasteiger charge is 2.20. The van der Waals surface area contributed by atoms with Crippen molar-refractivity contribution in [3.63, 3.8) is 0 Å². The van der Waals surface area contributed by atoms with E-state index in [0.717, 1.165) is 53.4 Å². The first-order valence-corrected chi connectivity index (χ1v) is 8.43. The third kappa shape index (κ3) is 2.87. The summed E-state index contributed by atoms with van der Waals surface area (Å²) in [5.41, 5.74) is 4.42. The monoisotopic (exact) mass is 326 g/mol.